The van der Waals surface area contributed by atoms with Crippen molar-refractivity contribution in [1.82, 2.24) is 4.98 Å². The monoisotopic (exact) mass is 291 g/mol. The second-order valence-electron chi connectivity index (χ2n) is 4.12. The number of halogens is 1. The van der Waals surface area contributed by atoms with Gasteiger partial charge in [0.2, 0.25) is 5.88 Å². The van der Waals surface area contributed by atoms with Gasteiger partial charge in [-0.2, -0.15) is 0 Å². The van der Waals surface area contributed by atoms with E-state index < -0.39 is 5.82 Å². The van der Waals surface area contributed by atoms with E-state index in [4.69, 9.17) is 22.7 Å². The number of nitrogens with zero attached hydrogens (tertiary/aromatic N) is 1. The van der Waals surface area contributed by atoms with Crippen LogP contribution in [0.3, 0.4) is 0 Å². The fraction of sp³-hybridized carbons (Fsp3) is 0.143. The lowest BCUT2D eigenvalue weighted by Gasteiger charge is -2.09. The van der Waals surface area contributed by atoms with Gasteiger partial charge in [0.25, 0.3) is 0 Å². The van der Waals surface area contributed by atoms with Crippen LogP contribution in [0.2, 0.25) is 0 Å². The minimum absolute atomic E-state index is 0.175. The Hall–Kier alpha value is -2.21. The van der Waals surface area contributed by atoms with Gasteiger partial charge in [-0.05, 0) is 29.8 Å². The highest BCUT2D eigenvalue weighted by Gasteiger charge is 2.05. The molecule has 1 aromatic carbocycles. The van der Waals surface area contributed by atoms with Crippen LogP contribution in [0, 0.1) is 5.82 Å². The van der Waals surface area contributed by atoms with Crippen molar-refractivity contribution in [2.75, 3.05) is 12.4 Å². The fourth-order valence-electron chi connectivity index (χ4n) is 1.68. The van der Waals surface area contributed by atoms with Gasteiger partial charge in [-0.3, -0.25) is 0 Å². The molecular formula is C14H14FN3OS. The van der Waals surface area contributed by atoms with Gasteiger partial charge in [0.1, 0.15) is 10.8 Å². The maximum Gasteiger partial charge on any atom is 0.213 e. The number of rotatable bonds is 5. The molecule has 0 fully saturated rings. The number of anilines is 1. The van der Waals surface area contributed by atoms with Gasteiger partial charge in [-0.25, -0.2) is 9.37 Å². The van der Waals surface area contributed by atoms with Crippen LogP contribution in [0.1, 0.15) is 11.1 Å². The maximum absolute atomic E-state index is 13.8. The first kappa shape index (κ1) is 14.2. The molecule has 104 valence electrons. The number of thiocarbonyl (C=S) groups is 1. The van der Waals surface area contributed by atoms with E-state index in [-0.39, 0.29) is 4.99 Å². The lowest BCUT2D eigenvalue weighted by Crippen LogP contribution is -2.10. The average molecular weight is 291 g/mol. The van der Waals surface area contributed by atoms with Crippen molar-refractivity contribution in [2.45, 2.75) is 6.54 Å². The standard InChI is InChI=1S/C14H14FN3OS/c1-19-13-6-9(4-5-17-13)8-18-12-3-2-10(14(16)20)7-11(12)15/h2-7,18H,8H2,1H3,(H2,16,20). The van der Waals surface area contributed by atoms with E-state index in [2.05, 4.69) is 10.3 Å². The Bertz CT molecular complexity index is 634. The second-order valence-corrected chi connectivity index (χ2v) is 4.56. The predicted molar refractivity (Wildman–Crippen MR) is 80.4 cm³/mol. The lowest BCUT2D eigenvalue weighted by molar-refractivity contribution is 0.397. The smallest absolute Gasteiger partial charge is 0.213 e. The third kappa shape index (κ3) is 3.42. The van der Waals surface area contributed by atoms with Crippen molar-refractivity contribution < 1.29 is 9.13 Å². The number of nitrogens with one attached hydrogen (secondary N) is 1. The van der Waals surface area contributed by atoms with Crippen LogP contribution in [0.15, 0.2) is 36.5 Å². The summed E-state index contributed by atoms with van der Waals surface area (Å²) >= 11 is 4.80. The van der Waals surface area contributed by atoms with Crippen molar-refractivity contribution in [3.8, 4) is 5.88 Å². The SMILES string of the molecule is COc1cc(CNc2ccc(C(N)=S)cc2F)ccn1. The highest BCUT2D eigenvalue weighted by molar-refractivity contribution is 7.80. The van der Waals surface area contributed by atoms with Gasteiger partial charge in [0, 0.05) is 24.4 Å². The van der Waals surface area contributed by atoms with Crippen LogP contribution in [0.25, 0.3) is 0 Å². The average Bonchev–Trinajstić information content (AvgIpc) is 2.46. The molecule has 0 unspecified atom stereocenters. The molecule has 0 saturated heterocycles. The van der Waals surface area contributed by atoms with E-state index in [1.807, 2.05) is 6.07 Å². The van der Waals surface area contributed by atoms with E-state index >= 15 is 0 Å². The largest absolute Gasteiger partial charge is 0.481 e. The highest BCUT2D eigenvalue weighted by Crippen LogP contribution is 2.17. The number of hydrogen-bond donors (Lipinski definition) is 2. The summed E-state index contributed by atoms with van der Waals surface area (Å²) in [6, 6.07) is 8.23. The van der Waals surface area contributed by atoms with E-state index in [0.717, 1.165) is 5.56 Å². The first-order valence-corrected chi connectivity index (χ1v) is 6.33. The topological polar surface area (TPSA) is 60.2 Å². The van der Waals surface area contributed by atoms with E-state index in [1.54, 1.807) is 31.5 Å². The summed E-state index contributed by atoms with van der Waals surface area (Å²) in [5.41, 5.74) is 7.29. The fourth-order valence-corrected chi connectivity index (χ4v) is 1.81. The number of methoxy groups -OCH3 is 1. The van der Waals surface area contributed by atoms with Gasteiger partial charge in [-0.15, -0.1) is 0 Å². The Balaban J connectivity index is 2.08. The minimum atomic E-state index is -0.392. The Morgan fingerprint density at radius 2 is 2.20 bits per heavy atom. The summed E-state index contributed by atoms with van der Waals surface area (Å²) in [4.78, 5) is 4.18. The number of aromatic nitrogens is 1. The van der Waals surface area contributed by atoms with Crippen LogP contribution in [0.4, 0.5) is 10.1 Å². The quantitative estimate of drug-likeness (QED) is 0.829. The molecule has 2 rings (SSSR count). The number of benzene rings is 1. The minimum Gasteiger partial charge on any atom is -0.481 e. The number of pyridine rings is 1. The molecule has 0 aliphatic rings. The molecule has 20 heavy (non-hydrogen) atoms. The van der Waals surface area contributed by atoms with Crippen LogP contribution in [-0.2, 0) is 6.54 Å². The summed E-state index contributed by atoms with van der Waals surface area (Å²) in [6.07, 6.45) is 1.64. The van der Waals surface area contributed by atoms with Gasteiger partial charge in [0.05, 0.1) is 12.8 Å². The summed E-state index contributed by atoms with van der Waals surface area (Å²) in [5.74, 6) is 0.130. The Labute approximate surface area is 121 Å². The molecule has 6 heteroatoms. The number of hydrogen-bond acceptors (Lipinski definition) is 4. The molecule has 0 radical (unpaired) electrons. The van der Waals surface area contributed by atoms with E-state index in [1.165, 1.54) is 6.07 Å². The van der Waals surface area contributed by atoms with E-state index in [9.17, 15) is 4.39 Å². The zero-order chi connectivity index (χ0) is 14.5. The maximum atomic E-state index is 13.8. The lowest BCUT2D eigenvalue weighted by atomic mass is 10.2. The number of ether oxygens (including phenoxy) is 1. The molecule has 3 N–H and O–H groups in total. The second kappa shape index (κ2) is 6.29. The van der Waals surface area contributed by atoms with Crippen molar-refractivity contribution in [3.63, 3.8) is 0 Å². The first-order chi connectivity index (χ1) is 9.60. The normalized spacial score (nSPS) is 10.1. The van der Waals surface area contributed by atoms with Crippen LogP contribution in [0.5, 0.6) is 5.88 Å². The summed E-state index contributed by atoms with van der Waals surface area (Å²) in [5, 5.41) is 3.00. The third-order valence-electron chi connectivity index (χ3n) is 2.74. The molecule has 0 atom stereocenters. The summed E-state index contributed by atoms with van der Waals surface area (Å²) in [7, 11) is 1.55. The molecule has 0 bridgehead atoms. The summed E-state index contributed by atoms with van der Waals surface area (Å²) < 4.78 is 18.9. The molecule has 1 heterocycles. The molecule has 2 aromatic rings. The van der Waals surface area contributed by atoms with Crippen molar-refractivity contribution in [3.05, 3.63) is 53.5 Å². The Morgan fingerprint density at radius 3 is 2.85 bits per heavy atom. The zero-order valence-corrected chi connectivity index (χ0v) is 11.7. The first-order valence-electron chi connectivity index (χ1n) is 5.92. The third-order valence-corrected chi connectivity index (χ3v) is 2.98. The highest BCUT2D eigenvalue weighted by atomic mass is 32.1. The van der Waals surface area contributed by atoms with E-state index in [0.29, 0.717) is 23.7 Å². The van der Waals surface area contributed by atoms with Gasteiger partial charge >= 0.3 is 0 Å². The predicted octanol–water partition coefficient (Wildman–Crippen LogP) is 2.48. The Kier molecular flexibility index (Phi) is 4.47. The summed E-state index contributed by atoms with van der Waals surface area (Å²) in [6.45, 7) is 0.461. The van der Waals surface area contributed by atoms with Crippen molar-refractivity contribution in [1.29, 1.82) is 0 Å². The molecule has 0 saturated carbocycles. The number of nitrogens with two attached hydrogens (primary N) is 1. The molecule has 1 aromatic heterocycles. The van der Waals surface area contributed by atoms with Gasteiger partial charge in [0.15, 0.2) is 0 Å². The molecule has 0 amide bonds. The van der Waals surface area contributed by atoms with Gasteiger partial charge in [-0.1, -0.05) is 12.2 Å². The molecule has 0 spiro atoms. The van der Waals surface area contributed by atoms with Crippen molar-refractivity contribution >= 4 is 22.9 Å². The van der Waals surface area contributed by atoms with Crippen LogP contribution < -0.4 is 15.8 Å². The van der Waals surface area contributed by atoms with Crippen molar-refractivity contribution in [2.24, 2.45) is 5.73 Å². The van der Waals surface area contributed by atoms with Crippen LogP contribution in [-0.4, -0.2) is 17.1 Å². The molecule has 4 nitrogen and oxygen atoms in total. The molecule has 0 aliphatic carbocycles. The molecule has 0 aliphatic heterocycles. The Morgan fingerprint density at radius 1 is 1.40 bits per heavy atom. The molecular weight excluding hydrogens is 277 g/mol. The van der Waals surface area contributed by atoms with Crippen LogP contribution >= 0.6 is 12.2 Å². The zero-order valence-electron chi connectivity index (χ0n) is 10.9. The van der Waals surface area contributed by atoms with Gasteiger partial charge < -0.3 is 15.8 Å².